The van der Waals surface area contributed by atoms with Crippen LogP contribution in [0, 0.1) is 0 Å². The van der Waals surface area contributed by atoms with Crippen LogP contribution >= 0.6 is 23.2 Å². The minimum atomic E-state index is -0.437. The molecule has 170 valence electrons. The molecule has 0 spiro atoms. The van der Waals surface area contributed by atoms with Gasteiger partial charge in [-0.2, -0.15) is 0 Å². The summed E-state index contributed by atoms with van der Waals surface area (Å²) in [5.74, 6) is -0.520. The van der Waals surface area contributed by atoms with Gasteiger partial charge in [0.15, 0.2) is 11.5 Å². The minimum absolute atomic E-state index is 0.116. The molecule has 0 unspecified atom stereocenters. The van der Waals surface area contributed by atoms with E-state index in [0.717, 1.165) is 34.9 Å². The lowest BCUT2D eigenvalue weighted by Crippen LogP contribution is -2.11. The van der Waals surface area contributed by atoms with Crippen LogP contribution in [0.25, 0.3) is 33.4 Å². The van der Waals surface area contributed by atoms with E-state index >= 15 is 0 Å². The molecule has 4 aromatic rings. The number of hydrogen-bond acceptors (Lipinski definition) is 4. The molecule has 1 aliphatic heterocycles. The number of furan rings is 1. The van der Waals surface area contributed by atoms with Gasteiger partial charge < -0.3 is 19.9 Å². The predicted molar refractivity (Wildman–Crippen MR) is 134 cm³/mol. The first-order valence-corrected chi connectivity index (χ1v) is 11.6. The van der Waals surface area contributed by atoms with Crippen molar-refractivity contribution in [3.05, 3.63) is 87.6 Å². The van der Waals surface area contributed by atoms with Gasteiger partial charge in [-0.1, -0.05) is 47.5 Å². The van der Waals surface area contributed by atoms with Crippen molar-refractivity contribution in [3.63, 3.8) is 0 Å². The maximum absolute atomic E-state index is 12.8. The van der Waals surface area contributed by atoms with Crippen molar-refractivity contribution in [2.75, 3.05) is 11.9 Å². The first-order valence-electron chi connectivity index (χ1n) is 10.9. The number of nitrogens with one attached hydrogen (secondary N) is 1. The summed E-state index contributed by atoms with van der Waals surface area (Å²) in [6, 6.07) is 18.2. The summed E-state index contributed by atoms with van der Waals surface area (Å²) in [4.78, 5) is 12.8. The van der Waals surface area contributed by atoms with E-state index in [0.29, 0.717) is 26.9 Å². The van der Waals surface area contributed by atoms with Crippen LogP contribution in [0.1, 0.15) is 29.7 Å². The third-order valence-electron chi connectivity index (χ3n) is 6.76. The molecule has 1 saturated carbocycles. The van der Waals surface area contributed by atoms with Crippen molar-refractivity contribution in [1.29, 1.82) is 0 Å². The Morgan fingerprint density at radius 3 is 2.47 bits per heavy atom. The molecule has 7 heteroatoms. The first-order chi connectivity index (χ1) is 16.4. The third kappa shape index (κ3) is 3.31. The van der Waals surface area contributed by atoms with E-state index in [4.69, 9.17) is 27.6 Å². The lowest BCUT2D eigenvalue weighted by Gasteiger charge is -2.14. The van der Waals surface area contributed by atoms with Crippen LogP contribution in [0.4, 0.5) is 5.69 Å². The highest BCUT2D eigenvalue weighted by Gasteiger charge is 2.43. The van der Waals surface area contributed by atoms with Gasteiger partial charge >= 0.3 is 0 Å². The zero-order valence-corrected chi connectivity index (χ0v) is 19.4. The largest absolute Gasteiger partial charge is 0.504 e. The summed E-state index contributed by atoms with van der Waals surface area (Å²) >= 11 is 12.6. The molecule has 0 atom stereocenters. The lowest BCUT2D eigenvalue weighted by atomic mass is 9.93. The Hall–Kier alpha value is -3.25. The van der Waals surface area contributed by atoms with Gasteiger partial charge in [-0.05, 0) is 60.4 Å². The molecular formula is C27H19Cl2NO4. The van der Waals surface area contributed by atoms with Crippen LogP contribution in [-0.4, -0.2) is 22.7 Å². The first kappa shape index (κ1) is 21.3. The summed E-state index contributed by atoms with van der Waals surface area (Å²) < 4.78 is 5.77. The number of aliphatic hydroxyl groups is 2. The van der Waals surface area contributed by atoms with Crippen LogP contribution in [0.2, 0.25) is 10.0 Å². The Balaban J connectivity index is 1.44. The Bertz CT molecular complexity index is 1510. The Morgan fingerprint density at radius 1 is 1.00 bits per heavy atom. The number of rotatable bonds is 4. The molecular weight excluding hydrogens is 473 g/mol. The van der Waals surface area contributed by atoms with E-state index in [-0.39, 0.29) is 29.1 Å². The van der Waals surface area contributed by atoms with Crippen molar-refractivity contribution in [1.82, 2.24) is 0 Å². The zero-order valence-electron chi connectivity index (χ0n) is 17.9. The highest BCUT2D eigenvalue weighted by Crippen LogP contribution is 2.48. The average Bonchev–Trinajstić information content (AvgIpc) is 3.41. The fourth-order valence-corrected chi connectivity index (χ4v) is 5.05. The number of benzene rings is 3. The van der Waals surface area contributed by atoms with E-state index in [2.05, 4.69) is 5.32 Å². The van der Waals surface area contributed by atoms with E-state index in [1.807, 2.05) is 24.3 Å². The van der Waals surface area contributed by atoms with Crippen LogP contribution in [-0.2, 0) is 10.2 Å². The van der Waals surface area contributed by atoms with Crippen molar-refractivity contribution in [2.24, 2.45) is 0 Å². The van der Waals surface area contributed by atoms with Crippen LogP contribution in [0.15, 0.2) is 65.1 Å². The summed E-state index contributed by atoms with van der Waals surface area (Å²) in [6.45, 7) is 0.140. The highest BCUT2D eigenvalue weighted by molar-refractivity contribution is 6.38. The van der Waals surface area contributed by atoms with Gasteiger partial charge in [-0.3, -0.25) is 4.79 Å². The summed E-state index contributed by atoms with van der Waals surface area (Å²) in [5, 5.41) is 25.3. The number of anilines is 1. The SMILES string of the molecule is O=C1Nc2cc(Cl)c(-c3ccc(C4(CO)CC4)cc3)cc2C1=C(O)c1cc2cc(Cl)ccc2o1. The molecule has 1 amide bonds. The molecule has 6 rings (SSSR count). The number of aliphatic hydroxyl groups excluding tert-OH is 2. The summed E-state index contributed by atoms with van der Waals surface area (Å²) in [7, 11) is 0. The maximum Gasteiger partial charge on any atom is 0.260 e. The van der Waals surface area contributed by atoms with Gasteiger partial charge in [-0.15, -0.1) is 0 Å². The number of hydrogen-bond donors (Lipinski definition) is 3. The van der Waals surface area contributed by atoms with Gasteiger partial charge in [0.2, 0.25) is 0 Å². The molecule has 3 aromatic carbocycles. The molecule has 0 bridgehead atoms. The van der Waals surface area contributed by atoms with Gasteiger partial charge in [-0.25, -0.2) is 0 Å². The standard InChI is InChI=1S/C27H19Cl2NO4/c28-17-5-6-22-15(9-17)10-23(34-22)25(32)24-19-11-18(20(29)12-21(19)30-26(24)33)14-1-3-16(4-2-14)27(13-31)7-8-27/h1-6,9-12,31-32H,7-8,13H2,(H,30,33). The minimum Gasteiger partial charge on any atom is -0.504 e. The third-order valence-corrected chi connectivity index (χ3v) is 7.31. The van der Waals surface area contributed by atoms with Crippen molar-refractivity contribution in [2.45, 2.75) is 18.3 Å². The summed E-state index contributed by atoms with van der Waals surface area (Å²) in [6.07, 6.45) is 1.97. The molecule has 2 aliphatic rings. The maximum atomic E-state index is 12.8. The van der Waals surface area contributed by atoms with Gasteiger partial charge in [0.05, 0.1) is 22.9 Å². The van der Waals surface area contributed by atoms with E-state index in [9.17, 15) is 15.0 Å². The number of amides is 1. The van der Waals surface area contributed by atoms with Gasteiger partial charge in [0.25, 0.3) is 5.91 Å². The van der Waals surface area contributed by atoms with Gasteiger partial charge in [0.1, 0.15) is 5.58 Å². The highest BCUT2D eigenvalue weighted by atomic mass is 35.5. The second-order valence-corrected chi connectivity index (χ2v) is 9.71. The van der Waals surface area contributed by atoms with Crippen molar-refractivity contribution < 1.29 is 19.4 Å². The molecule has 0 saturated heterocycles. The quantitative estimate of drug-likeness (QED) is 0.216. The van der Waals surface area contributed by atoms with Crippen LogP contribution < -0.4 is 5.32 Å². The number of carbonyl (C=O) groups is 1. The molecule has 1 aliphatic carbocycles. The monoisotopic (exact) mass is 491 g/mol. The number of carbonyl (C=O) groups excluding carboxylic acids is 1. The topological polar surface area (TPSA) is 82.7 Å². The molecule has 2 heterocycles. The fourth-order valence-electron chi connectivity index (χ4n) is 4.59. The zero-order chi connectivity index (χ0) is 23.6. The Morgan fingerprint density at radius 2 is 1.76 bits per heavy atom. The molecule has 0 radical (unpaired) electrons. The number of halogens is 2. The Kier molecular flexibility index (Phi) is 4.78. The molecule has 3 N–H and O–H groups in total. The smallest absolute Gasteiger partial charge is 0.260 e. The van der Waals surface area contributed by atoms with Crippen LogP contribution in [0.3, 0.4) is 0 Å². The van der Waals surface area contributed by atoms with E-state index < -0.39 is 5.91 Å². The Labute approximate surface area is 205 Å². The lowest BCUT2D eigenvalue weighted by molar-refractivity contribution is -0.110. The number of fused-ring (bicyclic) bond motifs is 2. The predicted octanol–water partition coefficient (Wildman–Crippen LogP) is 6.81. The average molecular weight is 492 g/mol. The van der Waals surface area contributed by atoms with Crippen LogP contribution in [0.5, 0.6) is 0 Å². The second-order valence-electron chi connectivity index (χ2n) is 8.86. The molecule has 1 fully saturated rings. The van der Waals surface area contributed by atoms with E-state index in [1.165, 1.54) is 0 Å². The van der Waals surface area contributed by atoms with E-state index in [1.54, 1.807) is 36.4 Å². The van der Waals surface area contributed by atoms with Crippen molar-refractivity contribution >= 4 is 57.1 Å². The molecule has 34 heavy (non-hydrogen) atoms. The normalized spacial score (nSPS) is 17.6. The summed E-state index contributed by atoms with van der Waals surface area (Å²) in [5.41, 5.74) is 4.34. The second kappa shape index (κ2) is 7.64. The molecule has 5 nitrogen and oxygen atoms in total. The fraction of sp³-hybridized carbons (Fsp3) is 0.148. The van der Waals surface area contributed by atoms with Gasteiger partial charge in [0, 0.05) is 27.0 Å². The van der Waals surface area contributed by atoms with Crippen molar-refractivity contribution in [3.8, 4) is 11.1 Å². The molecule has 1 aromatic heterocycles.